The minimum absolute atomic E-state index is 0.113. The van der Waals surface area contributed by atoms with Gasteiger partial charge in [-0.25, -0.2) is 0 Å². The molecule has 3 nitrogen and oxygen atoms in total. The summed E-state index contributed by atoms with van der Waals surface area (Å²) in [4.78, 5) is 12.2. The van der Waals surface area contributed by atoms with Crippen LogP contribution in [0.2, 0.25) is 0 Å². The van der Waals surface area contributed by atoms with Gasteiger partial charge in [0.2, 0.25) is 5.91 Å². The summed E-state index contributed by atoms with van der Waals surface area (Å²) >= 11 is 3.37. The van der Waals surface area contributed by atoms with Gasteiger partial charge in [-0.2, -0.15) is 0 Å². The van der Waals surface area contributed by atoms with Gasteiger partial charge in [0.15, 0.2) is 0 Å². The summed E-state index contributed by atoms with van der Waals surface area (Å²) in [6, 6.07) is 7.55. The van der Waals surface area contributed by atoms with Crippen LogP contribution in [0.4, 0.5) is 0 Å². The molecule has 2 rings (SSSR count). The lowest BCUT2D eigenvalue weighted by Crippen LogP contribution is -2.50. The number of hydrogen-bond acceptors (Lipinski definition) is 2. The quantitative estimate of drug-likeness (QED) is 0.898. The average Bonchev–Trinajstić information content (AvgIpc) is 3.05. The van der Waals surface area contributed by atoms with Crippen molar-refractivity contribution in [3.63, 3.8) is 0 Å². The largest absolute Gasteiger partial charge is 0.354 e. The zero-order chi connectivity index (χ0) is 13.4. The van der Waals surface area contributed by atoms with Crippen LogP contribution in [-0.4, -0.2) is 12.5 Å². The Morgan fingerprint density at radius 1 is 1.44 bits per heavy atom. The number of carbonyl (C=O) groups excluding carboxylic acids is 1. The van der Waals surface area contributed by atoms with E-state index < -0.39 is 5.54 Å². The zero-order valence-corrected chi connectivity index (χ0v) is 12.4. The van der Waals surface area contributed by atoms with Crippen LogP contribution in [0.1, 0.15) is 32.3 Å². The van der Waals surface area contributed by atoms with Crippen LogP contribution in [0.15, 0.2) is 28.7 Å². The molecule has 1 atom stereocenters. The molecule has 18 heavy (non-hydrogen) atoms. The molecule has 1 aromatic carbocycles. The number of halogens is 1. The van der Waals surface area contributed by atoms with Gasteiger partial charge in [-0.1, -0.05) is 35.0 Å². The molecule has 1 aromatic rings. The number of nitrogens with two attached hydrogens (primary N) is 1. The standard InChI is InChI=1S/C14H19BrN2O/c1-13(7-8-13)9-17-12(18)14(2,16)10-3-5-11(15)6-4-10/h3-6H,7-9,16H2,1-2H3,(H,17,18). The molecule has 1 fully saturated rings. The van der Waals surface area contributed by atoms with Crippen LogP contribution in [0.3, 0.4) is 0 Å². The van der Waals surface area contributed by atoms with E-state index in [0.717, 1.165) is 16.6 Å². The van der Waals surface area contributed by atoms with E-state index in [9.17, 15) is 4.79 Å². The lowest BCUT2D eigenvalue weighted by molar-refractivity contribution is -0.126. The normalized spacial score (nSPS) is 20.0. The smallest absolute Gasteiger partial charge is 0.244 e. The summed E-state index contributed by atoms with van der Waals surface area (Å²) in [5, 5.41) is 2.96. The fourth-order valence-corrected chi connectivity index (χ4v) is 2.06. The Hall–Kier alpha value is -0.870. The minimum atomic E-state index is -0.980. The summed E-state index contributed by atoms with van der Waals surface area (Å²) < 4.78 is 0.980. The van der Waals surface area contributed by atoms with Crippen molar-refractivity contribution in [1.29, 1.82) is 0 Å². The predicted molar refractivity (Wildman–Crippen MR) is 76.0 cm³/mol. The molecule has 0 saturated heterocycles. The van der Waals surface area contributed by atoms with Gasteiger partial charge in [0.1, 0.15) is 5.54 Å². The molecule has 0 radical (unpaired) electrons. The van der Waals surface area contributed by atoms with Crippen molar-refractivity contribution in [2.24, 2.45) is 11.1 Å². The van der Waals surface area contributed by atoms with Gasteiger partial charge in [-0.3, -0.25) is 4.79 Å². The van der Waals surface area contributed by atoms with Crippen LogP contribution >= 0.6 is 15.9 Å². The van der Waals surface area contributed by atoms with Gasteiger partial charge >= 0.3 is 0 Å². The molecular weight excluding hydrogens is 292 g/mol. The van der Waals surface area contributed by atoms with E-state index in [1.54, 1.807) is 6.92 Å². The second-order valence-electron chi connectivity index (χ2n) is 5.70. The van der Waals surface area contributed by atoms with Crippen molar-refractivity contribution in [3.05, 3.63) is 34.3 Å². The summed E-state index contributed by atoms with van der Waals surface area (Å²) in [5.41, 5.74) is 6.29. The predicted octanol–water partition coefficient (Wildman–Crippen LogP) is 2.54. The first-order valence-electron chi connectivity index (χ1n) is 6.17. The lowest BCUT2D eigenvalue weighted by Gasteiger charge is -2.25. The van der Waals surface area contributed by atoms with Gasteiger partial charge < -0.3 is 11.1 Å². The molecule has 0 bridgehead atoms. The Labute approximate surface area is 116 Å². The first-order valence-corrected chi connectivity index (χ1v) is 6.96. The van der Waals surface area contributed by atoms with Crippen molar-refractivity contribution < 1.29 is 4.79 Å². The van der Waals surface area contributed by atoms with Crippen LogP contribution < -0.4 is 11.1 Å². The molecule has 1 aliphatic rings. The number of rotatable bonds is 4. The summed E-state index contributed by atoms with van der Waals surface area (Å²) in [6.45, 7) is 4.65. The Morgan fingerprint density at radius 2 is 2.00 bits per heavy atom. The monoisotopic (exact) mass is 310 g/mol. The highest BCUT2D eigenvalue weighted by Gasteiger charge is 2.39. The van der Waals surface area contributed by atoms with E-state index in [1.165, 1.54) is 12.8 Å². The summed E-state index contributed by atoms with van der Waals surface area (Å²) in [5.74, 6) is -0.113. The lowest BCUT2D eigenvalue weighted by atomic mass is 9.92. The number of hydrogen-bond donors (Lipinski definition) is 2. The van der Waals surface area contributed by atoms with Crippen LogP contribution in [0.5, 0.6) is 0 Å². The fraction of sp³-hybridized carbons (Fsp3) is 0.500. The van der Waals surface area contributed by atoms with Gasteiger partial charge in [0.25, 0.3) is 0 Å². The second-order valence-corrected chi connectivity index (χ2v) is 6.62. The maximum atomic E-state index is 12.2. The van der Waals surface area contributed by atoms with Gasteiger partial charge in [0.05, 0.1) is 0 Å². The fourth-order valence-electron chi connectivity index (χ4n) is 1.79. The first kappa shape index (κ1) is 13.6. The molecule has 3 N–H and O–H groups in total. The van der Waals surface area contributed by atoms with E-state index in [-0.39, 0.29) is 5.91 Å². The van der Waals surface area contributed by atoms with Crippen molar-refractivity contribution in [2.75, 3.05) is 6.54 Å². The highest BCUT2D eigenvalue weighted by molar-refractivity contribution is 9.10. The molecular formula is C14H19BrN2O. The molecule has 98 valence electrons. The zero-order valence-electron chi connectivity index (χ0n) is 10.8. The topological polar surface area (TPSA) is 55.1 Å². The maximum Gasteiger partial charge on any atom is 0.244 e. The van der Waals surface area contributed by atoms with Gasteiger partial charge in [-0.15, -0.1) is 0 Å². The van der Waals surface area contributed by atoms with Crippen molar-refractivity contribution in [2.45, 2.75) is 32.2 Å². The minimum Gasteiger partial charge on any atom is -0.354 e. The molecule has 0 spiro atoms. The van der Waals surface area contributed by atoms with Crippen molar-refractivity contribution in [1.82, 2.24) is 5.32 Å². The number of nitrogens with one attached hydrogen (secondary N) is 1. The summed E-state index contributed by atoms with van der Waals surface area (Å²) in [6.07, 6.45) is 2.37. The van der Waals surface area contributed by atoms with Crippen LogP contribution in [-0.2, 0) is 10.3 Å². The highest BCUT2D eigenvalue weighted by Crippen LogP contribution is 2.44. The maximum absolute atomic E-state index is 12.2. The van der Waals surface area contributed by atoms with E-state index in [4.69, 9.17) is 5.73 Å². The third-order valence-electron chi connectivity index (χ3n) is 3.69. The van der Waals surface area contributed by atoms with E-state index >= 15 is 0 Å². The second kappa shape index (κ2) is 4.67. The van der Waals surface area contributed by atoms with Gasteiger partial charge in [0, 0.05) is 11.0 Å². The first-order chi connectivity index (χ1) is 8.33. The molecule has 4 heteroatoms. The Morgan fingerprint density at radius 3 is 2.50 bits per heavy atom. The average molecular weight is 311 g/mol. The molecule has 1 amide bonds. The number of carbonyl (C=O) groups is 1. The van der Waals surface area contributed by atoms with E-state index in [0.29, 0.717) is 5.41 Å². The third kappa shape index (κ3) is 2.93. The SMILES string of the molecule is CC1(CNC(=O)C(C)(N)c2ccc(Br)cc2)CC1. The van der Waals surface area contributed by atoms with E-state index in [2.05, 4.69) is 28.2 Å². The number of benzene rings is 1. The Bertz CT molecular complexity index is 449. The Balaban J connectivity index is 2.04. The Kier molecular flexibility index (Phi) is 3.52. The molecule has 0 aliphatic heterocycles. The van der Waals surface area contributed by atoms with Crippen molar-refractivity contribution in [3.8, 4) is 0 Å². The van der Waals surface area contributed by atoms with Crippen LogP contribution in [0, 0.1) is 5.41 Å². The van der Waals surface area contributed by atoms with Crippen LogP contribution in [0.25, 0.3) is 0 Å². The van der Waals surface area contributed by atoms with Gasteiger partial charge in [-0.05, 0) is 42.9 Å². The molecule has 0 heterocycles. The number of amides is 1. The van der Waals surface area contributed by atoms with E-state index in [1.807, 2.05) is 24.3 Å². The highest BCUT2D eigenvalue weighted by atomic mass is 79.9. The third-order valence-corrected chi connectivity index (χ3v) is 4.22. The molecule has 1 saturated carbocycles. The molecule has 1 unspecified atom stereocenters. The summed E-state index contributed by atoms with van der Waals surface area (Å²) in [7, 11) is 0. The molecule has 0 aromatic heterocycles. The molecule has 1 aliphatic carbocycles. The van der Waals surface area contributed by atoms with Crippen molar-refractivity contribution >= 4 is 21.8 Å².